The molecule has 1 aliphatic heterocycles. The van der Waals surface area contributed by atoms with Crippen LogP contribution in [0.4, 0.5) is 0 Å². The van der Waals surface area contributed by atoms with E-state index in [1.165, 1.54) is 0 Å². The first-order chi connectivity index (χ1) is 10.8. The third-order valence-corrected chi connectivity index (χ3v) is 5.25. The topological polar surface area (TPSA) is 54.3 Å². The lowest BCUT2D eigenvalue weighted by Crippen LogP contribution is -2.34. The lowest BCUT2D eigenvalue weighted by Gasteiger charge is -2.23. The molecular formula is C18H23ClN2O2. The van der Waals surface area contributed by atoms with Crippen LogP contribution in [0.5, 0.6) is 0 Å². The van der Waals surface area contributed by atoms with Crippen molar-refractivity contribution in [1.82, 2.24) is 10.6 Å². The molecule has 2 N–H and O–H groups in total. The molecule has 0 radical (unpaired) electrons. The fourth-order valence-electron chi connectivity index (χ4n) is 3.79. The highest BCUT2D eigenvalue weighted by Gasteiger charge is 2.57. The number of rotatable bonds is 4. The molecule has 2 aliphatic rings. The zero-order valence-electron chi connectivity index (χ0n) is 13.1. The molecule has 1 unspecified atom stereocenters. The van der Waals surface area contributed by atoms with Gasteiger partial charge in [-0.3, -0.25) is 4.79 Å². The minimum atomic E-state index is 0. The molecule has 4 nitrogen and oxygen atoms in total. The number of halogens is 1. The SMILES string of the molecule is Cl.O=C(NCCc1cc2ccccc2o1)C1CC12CCNCC2. The summed E-state index contributed by atoms with van der Waals surface area (Å²) in [6.07, 6.45) is 4.12. The first-order valence-corrected chi connectivity index (χ1v) is 8.23. The van der Waals surface area contributed by atoms with Crippen LogP contribution >= 0.6 is 12.4 Å². The lowest BCUT2D eigenvalue weighted by atomic mass is 9.92. The Kier molecular flexibility index (Phi) is 4.64. The van der Waals surface area contributed by atoms with Crippen LogP contribution in [-0.4, -0.2) is 25.5 Å². The summed E-state index contributed by atoms with van der Waals surface area (Å²) in [6.45, 7) is 2.77. The number of carbonyl (C=O) groups is 1. The molecule has 124 valence electrons. The maximum Gasteiger partial charge on any atom is 0.223 e. The van der Waals surface area contributed by atoms with Crippen molar-refractivity contribution < 1.29 is 9.21 Å². The van der Waals surface area contributed by atoms with Gasteiger partial charge >= 0.3 is 0 Å². The zero-order valence-corrected chi connectivity index (χ0v) is 14.0. The van der Waals surface area contributed by atoms with Gasteiger partial charge in [-0.2, -0.15) is 0 Å². The third kappa shape index (κ3) is 3.24. The van der Waals surface area contributed by atoms with Crippen molar-refractivity contribution in [3.8, 4) is 0 Å². The van der Waals surface area contributed by atoms with Gasteiger partial charge in [0.25, 0.3) is 0 Å². The van der Waals surface area contributed by atoms with Crippen molar-refractivity contribution in [3.05, 3.63) is 36.1 Å². The van der Waals surface area contributed by atoms with Crippen molar-refractivity contribution >= 4 is 29.3 Å². The number of hydrogen-bond donors (Lipinski definition) is 2. The fourth-order valence-corrected chi connectivity index (χ4v) is 3.79. The number of carbonyl (C=O) groups excluding carboxylic acids is 1. The molecule has 2 fully saturated rings. The summed E-state index contributed by atoms with van der Waals surface area (Å²) < 4.78 is 5.78. The lowest BCUT2D eigenvalue weighted by molar-refractivity contribution is -0.123. The summed E-state index contributed by atoms with van der Waals surface area (Å²) >= 11 is 0. The van der Waals surface area contributed by atoms with Crippen LogP contribution in [0.1, 0.15) is 25.0 Å². The van der Waals surface area contributed by atoms with E-state index in [4.69, 9.17) is 4.42 Å². The molecule has 1 aromatic heterocycles. The van der Waals surface area contributed by atoms with Crippen LogP contribution < -0.4 is 10.6 Å². The molecule has 4 rings (SSSR count). The Bertz CT molecular complexity index is 658. The van der Waals surface area contributed by atoms with Crippen molar-refractivity contribution in [1.29, 1.82) is 0 Å². The second kappa shape index (κ2) is 6.54. The predicted molar refractivity (Wildman–Crippen MR) is 92.8 cm³/mol. The van der Waals surface area contributed by atoms with Gasteiger partial charge in [-0.1, -0.05) is 18.2 Å². The zero-order chi connectivity index (χ0) is 15.0. The molecule has 1 atom stereocenters. The molecule has 23 heavy (non-hydrogen) atoms. The largest absolute Gasteiger partial charge is 0.461 e. The number of para-hydroxylation sites is 1. The van der Waals surface area contributed by atoms with Crippen LogP contribution in [0.25, 0.3) is 11.0 Å². The Morgan fingerprint density at radius 3 is 2.87 bits per heavy atom. The molecule has 1 spiro atoms. The van der Waals surface area contributed by atoms with Gasteiger partial charge in [0.2, 0.25) is 5.91 Å². The van der Waals surface area contributed by atoms with E-state index in [9.17, 15) is 4.79 Å². The first kappa shape index (κ1) is 16.3. The molecule has 2 aromatic rings. The third-order valence-electron chi connectivity index (χ3n) is 5.25. The van der Waals surface area contributed by atoms with Crippen LogP contribution in [0, 0.1) is 11.3 Å². The smallest absolute Gasteiger partial charge is 0.223 e. The van der Waals surface area contributed by atoms with Gasteiger partial charge in [-0.25, -0.2) is 0 Å². The molecule has 1 aliphatic carbocycles. The summed E-state index contributed by atoms with van der Waals surface area (Å²) in [7, 11) is 0. The van der Waals surface area contributed by atoms with Crippen LogP contribution in [0.3, 0.4) is 0 Å². The normalized spacial score (nSPS) is 21.8. The van der Waals surface area contributed by atoms with Crippen molar-refractivity contribution in [2.75, 3.05) is 19.6 Å². The van der Waals surface area contributed by atoms with Crippen LogP contribution in [-0.2, 0) is 11.2 Å². The van der Waals surface area contributed by atoms with E-state index in [2.05, 4.69) is 16.7 Å². The van der Waals surface area contributed by atoms with E-state index in [-0.39, 0.29) is 24.2 Å². The number of hydrogen-bond acceptors (Lipinski definition) is 3. The standard InChI is InChI=1S/C18H22N2O2.ClH/c21-17(15-12-18(15)6-9-19-10-7-18)20-8-5-14-11-13-3-1-2-4-16(13)22-14;/h1-4,11,15,19H,5-10,12H2,(H,20,21);1H. The summed E-state index contributed by atoms with van der Waals surface area (Å²) in [5.41, 5.74) is 1.23. The highest BCUT2D eigenvalue weighted by Crippen LogP contribution is 2.58. The monoisotopic (exact) mass is 334 g/mol. The highest BCUT2D eigenvalue weighted by atomic mass is 35.5. The molecule has 1 amide bonds. The number of piperidine rings is 1. The van der Waals surface area contributed by atoms with Gasteiger partial charge < -0.3 is 15.1 Å². The van der Waals surface area contributed by atoms with E-state index in [1.54, 1.807) is 0 Å². The van der Waals surface area contributed by atoms with E-state index in [0.717, 1.165) is 55.5 Å². The average Bonchev–Trinajstić information content (AvgIpc) is 3.06. The Balaban J connectivity index is 0.00000156. The fraction of sp³-hybridized carbons (Fsp3) is 0.500. The predicted octanol–water partition coefficient (Wildman–Crippen LogP) is 2.90. The molecule has 1 saturated carbocycles. The highest BCUT2D eigenvalue weighted by molar-refractivity contribution is 5.85. The molecule has 1 saturated heterocycles. The van der Waals surface area contributed by atoms with Gasteiger partial charge in [-0.05, 0) is 49.9 Å². The maximum absolute atomic E-state index is 12.3. The molecule has 0 bridgehead atoms. The number of benzene rings is 1. The van der Waals surface area contributed by atoms with Crippen molar-refractivity contribution in [2.24, 2.45) is 11.3 Å². The van der Waals surface area contributed by atoms with E-state index < -0.39 is 0 Å². The first-order valence-electron chi connectivity index (χ1n) is 8.23. The Morgan fingerprint density at radius 2 is 2.09 bits per heavy atom. The quantitative estimate of drug-likeness (QED) is 0.904. The van der Waals surface area contributed by atoms with Gasteiger partial charge in [-0.15, -0.1) is 12.4 Å². The van der Waals surface area contributed by atoms with Gasteiger partial charge in [0.05, 0.1) is 0 Å². The summed E-state index contributed by atoms with van der Waals surface area (Å²) in [6, 6.07) is 10.1. The second-order valence-electron chi connectivity index (χ2n) is 6.66. The Hall–Kier alpha value is -1.52. The van der Waals surface area contributed by atoms with E-state index in [0.29, 0.717) is 12.0 Å². The van der Waals surface area contributed by atoms with E-state index >= 15 is 0 Å². The number of furan rings is 1. The minimum absolute atomic E-state index is 0. The minimum Gasteiger partial charge on any atom is -0.461 e. The Morgan fingerprint density at radius 1 is 1.30 bits per heavy atom. The molecule has 5 heteroatoms. The van der Waals surface area contributed by atoms with Crippen molar-refractivity contribution in [3.63, 3.8) is 0 Å². The van der Waals surface area contributed by atoms with Crippen LogP contribution in [0.2, 0.25) is 0 Å². The number of amides is 1. The van der Waals surface area contributed by atoms with Crippen molar-refractivity contribution in [2.45, 2.75) is 25.7 Å². The second-order valence-corrected chi connectivity index (χ2v) is 6.66. The average molecular weight is 335 g/mol. The van der Waals surface area contributed by atoms with Gasteiger partial charge in [0.15, 0.2) is 0 Å². The van der Waals surface area contributed by atoms with E-state index in [1.807, 2.05) is 24.3 Å². The van der Waals surface area contributed by atoms with Gasteiger partial charge in [0, 0.05) is 24.3 Å². The molecule has 2 heterocycles. The summed E-state index contributed by atoms with van der Waals surface area (Å²) in [5, 5.41) is 7.59. The molecule has 1 aromatic carbocycles. The maximum atomic E-state index is 12.3. The van der Waals surface area contributed by atoms with Crippen LogP contribution in [0.15, 0.2) is 34.7 Å². The summed E-state index contributed by atoms with van der Waals surface area (Å²) in [5.74, 6) is 1.41. The Labute approximate surface area is 142 Å². The number of fused-ring (bicyclic) bond motifs is 1. The summed E-state index contributed by atoms with van der Waals surface area (Å²) in [4.78, 5) is 12.3. The van der Waals surface area contributed by atoms with Gasteiger partial charge in [0.1, 0.15) is 11.3 Å². The molecular weight excluding hydrogens is 312 g/mol. The number of nitrogens with one attached hydrogen (secondary N) is 2.